The average molecular weight is 291 g/mol. The Kier molecular flexibility index (Phi) is 10.7. The molecule has 0 bridgehead atoms. The SMILES string of the molecule is CC.CCCCC(C)c1c(CC)cccc1NC(=O)CC. The summed E-state index contributed by atoms with van der Waals surface area (Å²) in [6, 6.07) is 6.25. The largest absolute Gasteiger partial charge is 0.326 e. The zero-order chi connectivity index (χ0) is 16.3. The molecule has 21 heavy (non-hydrogen) atoms. The minimum Gasteiger partial charge on any atom is -0.326 e. The van der Waals surface area contributed by atoms with Gasteiger partial charge < -0.3 is 5.32 Å². The molecule has 2 heteroatoms. The van der Waals surface area contributed by atoms with Gasteiger partial charge in [-0.1, -0.05) is 66.5 Å². The van der Waals surface area contributed by atoms with Crippen LogP contribution in [0.2, 0.25) is 0 Å². The Morgan fingerprint density at radius 2 is 1.86 bits per heavy atom. The first-order valence-corrected chi connectivity index (χ1v) is 8.55. The van der Waals surface area contributed by atoms with Crippen molar-refractivity contribution in [3.05, 3.63) is 29.3 Å². The van der Waals surface area contributed by atoms with E-state index >= 15 is 0 Å². The number of nitrogens with one attached hydrogen (secondary N) is 1. The van der Waals surface area contributed by atoms with E-state index in [0.29, 0.717) is 12.3 Å². The van der Waals surface area contributed by atoms with Gasteiger partial charge in [0.1, 0.15) is 0 Å². The molecule has 0 radical (unpaired) electrons. The molecule has 1 N–H and O–H groups in total. The summed E-state index contributed by atoms with van der Waals surface area (Å²) < 4.78 is 0. The quantitative estimate of drug-likeness (QED) is 0.664. The molecule has 0 spiro atoms. The van der Waals surface area contributed by atoms with Gasteiger partial charge in [-0.15, -0.1) is 0 Å². The van der Waals surface area contributed by atoms with Gasteiger partial charge in [-0.25, -0.2) is 0 Å². The van der Waals surface area contributed by atoms with E-state index < -0.39 is 0 Å². The van der Waals surface area contributed by atoms with E-state index in [1.165, 1.54) is 30.4 Å². The summed E-state index contributed by atoms with van der Waals surface area (Å²) in [7, 11) is 0. The Bertz CT molecular complexity index is 412. The highest BCUT2D eigenvalue weighted by Gasteiger charge is 2.15. The molecule has 0 fully saturated rings. The van der Waals surface area contributed by atoms with Gasteiger partial charge in [0.15, 0.2) is 0 Å². The van der Waals surface area contributed by atoms with Crippen LogP contribution in [0.1, 0.15) is 84.3 Å². The molecule has 1 aromatic rings. The summed E-state index contributed by atoms with van der Waals surface area (Å²) in [6.45, 7) is 12.6. The van der Waals surface area contributed by atoms with Crippen LogP contribution in [-0.2, 0) is 11.2 Å². The van der Waals surface area contributed by atoms with Crippen molar-refractivity contribution in [1.82, 2.24) is 0 Å². The van der Waals surface area contributed by atoms with E-state index in [4.69, 9.17) is 0 Å². The lowest BCUT2D eigenvalue weighted by molar-refractivity contribution is -0.115. The lowest BCUT2D eigenvalue weighted by atomic mass is 9.89. The van der Waals surface area contributed by atoms with Crippen LogP contribution in [0.15, 0.2) is 18.2 Å². The summed E-state index contributed by atoms with van der Waals surface area (Å²) in [5.41, 5.74) is 3.70. The van der Waals surface area contributed by atoms with Gasteiger partial charge in [0.05, 0.1) is 0 Å². The third-order valence-corrected chi connectivity index (χ3v) is 3.66. The molecule has 120 valence electrons. The minimum atomic E-state index is 0.0946. The van der Waals surface area contributed by atoms with Crippen molar-refractivity contribution >= 4 is 11.6 Å². The highest BCUT2D eigenvalue weighted by molar-refractivity contribution is 5.91. The van der Waals surface area contributed by atoms with E-state index in [1.807, 2.05) is 32.9 Å². The van der Waals surface area contributed by atoms with Crippen LogP contribution in [0.5, 0.6) is 0 Å². The maximum absolute atomic E-state index is 11.7. The number of anilines is 1. The zero-order valence-electron chi connectivity index (χ0n) is 14.8. The molecule has 0 aliphatic rings. The lowest BCUT2D eigenvalue weighted by Crippen LogP contribution is -2.13. The Hall–Kier alpha value is -1.31. The fourth-order valence-electron chi connectivity index (χ4n) is 2.51. The number of amides is 1. The van der Waals surface area contributed by atoms with Crippen molar-refractivity contribution in [3.8, 4) is 0 Å². The normalized spacial score (nSPS) is 11.3. The van der Waals surface area contributed by atoms with Crippen LogP contribution in [-0.4, -0.2) is 5.91 Å². The predicted molar refractivity (Wildman–Crippen MR) is 94.0 cm³/mol. The number of carbonyl (C=O) groups is 1. The van der Waals surface area contributed by atoms with Crippen LogP contribution in [0.3, 0.4) is 0 Å². The van der Waals surface area contributed by atoms with Crippen molar-refractivity contribution in [2.75, 3.05) is 5.32 Å². The molecule has 0 aliphatic carbocycles. The number of carbonyl (C=O) groups excluding carboxylic acids is 1. The monoisotopic (exact) mass is 291 g/mol. The number of unbranched alkanes of at least 4 members (excludes halogenated alkanes) is 1. The van der Waals surface area contributed by atoms with Crippen LogP contribution in [0.25, 0.3) is 0 Å². The van der Waals surface area contributed by atoms with Crippen molar-refractivity contribution < 1.29 is 4.79 Å². The number of hydrogen-bond donors (Lipinski definition) is 1. The molecule has 0 saturated carbocycles. The Morgan fingerprint density at radius 3 is 2.38 bits per heavy atom. The summed E-state index contributed by atoms with van der Waals surface area (Å²) in [5.74, 6) is 0.598. The number of aryl methyl sites for hydroxylation is 1. The van der Waals surface area contributed by atoms with E-state index in [1.54, 1.807) is 0 Å². The maximum atomic E-state index is 11.7. The molecule has 1 unspecified atom stereocenters. The summed E-state index contributed by atoms with van der Waals surface area (Å²) >= 11 is 0. The molecule has 1 amide bonds. The lowest BCUT2D eigenvalue weighted by Gasteiger charge is -2.20. The number of benzene rings is 1. The fraction of sp³-hybridized carbons (Fsp3) is 0.632. The van der Waals surface area contributed by atoms with Gasteiger partial charge >= 0.3 is 0 Å². The van der Waals surface area contributed by atoms with E-state index in [-0.39, 0.29) is 5.91 Å². The molecular formula is C19H33NO. The maximum Gasteiger partial charge on any atom is 0.224 e. The van der Waals surface area contributed by atoms with Crippen molar-refractivity contribution in [2.45, 2.75) is 79.6 Å². The Morgan fingerprint density at radius 1 is 1.19 bits per heavy atom. The first-order valence-electron chi connectivity index (χ1n) is 8.55. The third kappa shape index (κ3) is 6.33. The van der Waals surface area contributed by atoms with E-state index in [2.05, 4.69) is 32.2 Å². The topological polar surface area (TPSA) is 29.1 Å². The van der Waals surface area contributed by atoms with E-state index in [9.17, 15) is 4.79 Å². The standard InChI is InChI=1S/C17H27NO.C2H6/c1-5-8-10-13(4)17-14(6-2)11-9-12-15(17)18-16(19)7-3;1-2/h9,11-13H,5-8,10H2,1-4H3,(H,18,19);1-2H3. The van der Waals surface area contributed by atoms with Crippen molar-refractivity contribution in [2.24, 2.45) is 0 Å². The second-order valence-corrected chi connectivity index (χ2v) is 5.18. The highest BCUT2D eigenvalue weighted by Crippen LogP contribution is 2.32. The van der Waals surface area contributed by atoms with Gasteiger partial charge in [0.2, 0.25) is 5.91 Å². The summed E-state index contributed by atoms with van der Waals surface area (Å²) in [6.07, 6.45) is 5.18. The second-order valence-electron chi connectivity index (χ2n) is 5.18. The smallest absolute Gasteiger partial charge is 0.224 e. The molecular weight excluding hydrogens is 258 g/mol. The molecule has 2 nitrogen and oxygen atoms in total. The van der Waals surface area contributed by atoms with Gasteiger partial charge in [-0.2, -0.15) is 0 Å². The molecule has 0 aromatic heterocycles. The molecule has 0 aliphatic heterocycles. The van der Waals surface area contributed by atoms with Crippen LogP contribution < -0.4 is 5.32 Å². The summed E-state index contributed by atoms with van der Waals surface area (Å²) in [5, 5.41) is 3.05. The first-order chi connectivity index (χ1) is 10.1. The fourth-order valence-corrected chi connectivity index (χ4v) is 2.51. The minimum absolute atomic E-state index is 0.0946. The first kappa shape index (κ1) is 19.7. The van der Waals surface area contributed by atoms with Gasteiger partial charge in [0, 0.05) is 12.1 Å². The molecule has 1 aromatic carbocycles. The molecule has 0 heterocycles. The third-order valence-electron chi connectivity index (χ3n) is 3.66. The molecule has 1 atom stereocenters. The Balaban J connectivity index is 0.00000191. The van der Waals surface area contributed by atoms with Crippen molar-refractivity contribution in [1.29, 1.82) is 0 Å². The van der Waals surface area contributed by atoms with Gasteiger partial charge in [-0.05, 0) is 36.0 Å². The molecule has 0 saturated heterocycles. The number of hydrogen-bond acceptors (Lipinski definition) is 1. The number of rotatable bonds is 7. The zero-order valence-corrected chi connectivity index (χ0v) is 14.8. The summed E-state index contributed by atoms with van der Waals surface area (Å²) in [4.78, 5) is 11.7. The molecule has 1 rings (SSSR count). The predicted octanol–water partition coefficient (Wildman–Crippen LogP) is 5.92. The average Bonchev–Trinajstić information content (AvgIpc) is 2.53. The van der Waals surface area contributed by atoms with E-state index in [0.717, 1.165) is 12.1 Å². The van der Waals surface area contributed by atoms with Gasteiger partial charge in [-0.3, -0.25) is 4.79 Å². The van der Waals surface area contributed by atoms with Crippen LogP contribution >= 0.6 is 0 Å². The highest BCUT2D eigenvalue weighted by atomic mass is 16.1. The second kappa shape index (κ2) is 11.4. The van der Waals surface area contributed by atoms with Crippen molar-refractivity contribution in [3.63, 3.8) is 0 Å². The van der Waals surface area contributed by atoms with Crippen LogP contribution in [0.4, 0.5) is 5.69 Å². The van der Waals surface area contributed by atoms with Crippen LogP contribution in [0, 0.1) is 0 Å². The Labute approximate surface area is 131 Å². The van der Waals surface area contributed by atoms with Gasteiger partial charge in [0.25, 0.3) is 0 Å².